The number of hydrogen-bond donors (Lipinski definition) is 0. The number of rotatable bonds is 8. The number of fused-ring (bicyclic) bond motifs is 2. The van der Waals surface area contributed by atoms with Crippen LogP contribution in [0.5, 0.6) is 5.75 Å². The van der Waals surface area contributed by atoms with Crippen LogP contribution in [-0.4, -0.2) is 24.6 Å². The van der Waals surface area contributed by atoms with Gasteiger partial charge in [-0.05, 0) is 66.7 Å². The van der Waals surface area contributed by atoms with Crippen LogP contribution in [-0.2, 0) is 6.54 Å². The van der Waals surface area contributed by atoms with Gasteiger partial charge in [-0.15, -0.1) is 0 Å². The lowest BCUT2D eigenvalue weighted by molar-refractivity contribution is -0.140. The van der Waals surface area contributed by atoms with Gasteiger partial charge in [-0.2, -0.15) is 0 Å². The molecule has 3 fully saturated rings. The van der Waals surface area contributed by atoms with E-state index in [2.05, 4.69) is 56.9 Å². The summed E-state index contributed by atoms with van der Waals surface area (Å²) >= 11 is 0. The van der Waals surface area contributed by atoms with Crippen LogP contribution in [0.15, 0.2) is 24.3 Å². The zero-order valence-corrected chi connectivity index (χ0v) is 16.9. The molecule has 4 atom stereocenters. The molecule has 3 saturated carbocycles. The average Bonchev–Trinajstić information content (AvgIpc) is 2.61. The Balaban J connectivity index is 1.70. The molecule has 2 bridgehead atoms. The largest absolute Gasteiger partial charge is 0.497 e. The lowest BCUT2D eigenvalue weighted by Gasteiger charge is -2.63. The van der Waals surface area contributed by atoms with Gasteiger partial charge in [-0.1, -0.05) is 52.7 Å². The molecule has 2 heteroatoms. The van der Waals surface area contributed by atoms with E-state index < -0.39 is 0 Å². The number of methoxy groups -OCH3 is 1. The summed E-state index contributed by atoms with van der Waals surface area (Å²) in [6.07, 6.45) is 6.84. The molecule has 0 N–H and O–H groups in total. The van der Waals surface area contributed by atoms with Crippen molar-refractivity contribution in [2.45, 2.75) is 72.4 Å². The Morgan fingerprint density at radius 2 is 1.84 bits per heavy atom. The zero-order valence-electron chi connectivity index (χ0n) is 16.9. The molecule has 25 heavy (non-hydrogen) atoms. The first-order chi connectivity index (χ1) is 12.0. The van der Waals surface area contributed by atoms with Crippen LogP contribution >= 0.6 is 0 Å². The molecule has 1 aromatic carbocycles. The zero-order chi connectivity index (χ0) is 18.0. The van der Waals surface area contributed by atoms with Crippen LogP contribution in [0.1, 0.15) is 65.4 Å². The molecule has 3 aliphatic carbocycles. The van der Waals surface area contributed by atoms with Crippen molar-refractivity contribution in [3.8, 4) is 5.75 Å². The van der Waals surface area contributed by atoms with Crippen molar-refractivity contribution < 1.29 is 4.74 Å². The lowest BCUT2D eigenvalue weighted by atomic mass is 9.44. The van der Waals surface area contributed by atoms with Gasteiger partial charge in [0, 0.05) is 12.6 Å². The molecule has 2 nitrogen and oxygen atoms in total. The van der Waals surface area contributed by atoms with Crippen LogP contribution in [0, 0.1) is 23.2 Å². The SMILES string of the molecule is CCCCCN(Cc1ccc(OC)cc1)[C@@H]1C[C@@H]2C[C@H]([C@H]1C)C2(C)C. The molecule has 0 unspecified atom stereocenters. The summed E-state index contributed by atoms with van der Waals surface area (Å²) in [5.41, 5.74) is 1.99. The van der Waals surface area contributed by atoms with Gasteiger partial charge in [0.2, 0.25) is 0 Å². The normalized spacial score (nSPS) is 30.2. The maximum Gasteiger partial charge on any atom is 0.118 e. The van der Waals surface area contributed by atoms with Crippen molar-refractivity contribution in [2.24, 2.45) is 23.2 Å². The van der Waals surface area contributed by atoms with Gasteiger partial charge in [0.25, 0.3) is 0 Å². The third-order valence-corrected chi connectivity index (χ3v) is 7.38. The third kappa shape index (κ3) is 3.74. The molecule has 140 valence electrons. The molecule has 0 aliphatic heterocycles. The van der Waals surface area contributed by atoms with Crippen molar-refractivity contribution >= 4 is 0 Å². The quantitative estimate of drug-likeness (QED) is 0.557. The molecule has 0 saturated heterocycles. The Hall–Kier alpha value is -1.02. The minimum Gasteiger partial charge on any atom is -0.497 e. The monoisotopic (exact) mass is 343 g/mol. The number of ether oxygens (including phenoxy) is 1. The Labute approximate surface area is 154 Å². The first-order valence-corrected chi connectivity index (χ1v) is 10.3. The molecule has 1 aromatic rings. The summed E-state index contributed by atoms with van der Waals surface area (Å²) in [5, 5.41) is 0. The molecular weight excluding hydrogens is 306 g/mol. The van der Waals surface area contributed by atoms with E-state index >= 15 is 0 Å². The number of unbranched alkanes of at least 4 members (excludes halogenated alkanes) is 2. The van der Waals surface area contributed by atoms with Crippen molar-refractivity contribution in [1.82, 2.24) is 4.90 Å². The standard InChI is InChI=1S/C23H37NO/c1-6-7-8-13-24(16-18-9-11-20(25-5)12-10-18)22-15-19-14-21(17(22)2)23(19,3)4/h9-12,17,19,21-22H,6-8,13-16H2,1-5H3/t17-,19+,21-,22-/m1/s1. The highest BCUT2D eigenvalue weighted by molar-refractivity contribution is 5.27. The van der Waals surface area contributed by atoms with Crippen molar-refractivity contribution in [1.29, 1.82) is 0 Å². The van der Waals surface area contributed by atoms with Crippen LogP contribution in [0.2, 0.25) is 0 Å². The van der Waals surface area contributed by atoms with Crippen molar-refractivity contribution in [2.75, 3.05) is 13.7 Å². The highest BCUT2D eigenvalue weighted by Gasteiger charge is 2.56. The molecule has 0 amide bonds. The molecular formula is C23H37NO. The van der Waals surface area contributed by atoms with Gasteiger partial charge in [-0.3, -0.25) is 4.90 Å². The van der Waals surface area contributed by atoms with E-state index in [1.165, 1.54) is 44.2 Å². The molecule has 0 heterocycles. The van der Waals surface area contributed by atoms with E-state index in [1.807, 2.05) is 0 Å². The molecule has 0 aromatic heterocycles. The Bertz CT molecular complexity index is 550. The predicted octanol–water partition coefficient (Wildman–Crippen LogP) is 5.76. The smallest absolute Gasteiger partial charge is 0.118 e. The number of hydrogen-bond acceptors (Lipinski definition) is 2. The van der Waals surface area contributed by atoms with E-state index in [1.54, 1.807) is 7.11 Å². The Kier molecular flexibility index (Phi) is 5.78. The Morgan fingerprint density at radius 1 is 1.12 bits per heavy atom. The highest BCUT2D eigenvalue weighted by Crippen LogP contribution is 2.62. The maximum absolute atomic E-state index is 5.32. The minimum atomic E-state index is 0.575. The van der Waals surface area contributed by atoms with Gasteiger partial charge in [-0.25, -0.2) is 0 Å². The lowest BCUT2D eigenvalue weighted by Crippen LogP contribution is -2.60. The number of benzene rings is 1. The van der Waals surface area contributed by atoms with E-state index in [-0.39, 0.29) is 0 Å². The molecule has 4 rings (SSSR count). The fourth-order valence-corrected chi connectivity index (χ4v) is 5.50. The minimum absolute atomic E-state index is 0.575. The van der Waals surface area contributed by atoms with Gasteiger partial charge < -0.3 is 4.74 Å². The summed E-state index contributed by atoms with van der Waals surface area (Å²) in [4.78, 5) is 2.80. The van der Waals surface area contributed by atoms with Crippen LogP contribution in [0.3, 0.4) is 0 Å². The fourth-order valence-electron chi connectivity index (χ4n) is 5.50. The van der Waals surface area contributed by atoms with E-state index in [0.717, 1.165) is 36.1 Å². The first-order valence-electron chi connectivity index (χ1n) is 10.3. The van der Waals surface area contributed by atoms with E-state index in [0.29, 0.717) is 5.41 Å². The van der Waals surface area contributed by atoms with E-state index in [9.17, 15) is 0 Å². The summed E-state index contributed by atoms with van der Waals surface area (Å²) in [6, 6.07) is 9.44. The second-order valence-corrected chi connectivity index (χ2v) is 9.05. The van der Waals surface area contributed by atoms with Gasteiger partial charge >= 0.3 is 0 Å². The molecule has 3 aliphatic rings. The summed E-state index contributed by atoms with van der Waals surface area (Å²) in [5.74, 6) is 3.62. The first kappa shape index (κ1) is 18.8. The third-order valence-electron chi connectivity index (χ3n) is 7.38. The second kappa shape index (κ2) is 7.70. The fraction of sp³-hybridized carbons (Fsp3) is 0.739. The van der Waals surface area contributed by atoms with E-state index in [4.69, 9.17) is 4.74 Å². The molecule has 0 radical (unpaired) electrons. The van der Waals surface area contributed by atoms with Crippen LogP contribution in [0.25, 0.3) is 0 Å². The molecule has 0 spiro atoms. The maximum atomic E-state index is 5.32. The summed E-state index contributed by atoms with van der Waals surface area (Å²) < 4.78 is 5.32. The van der Waals surface area contributed by atoms with Crippen molar-refractivity contribution in [3.05, 3.63) is 29.8 Å². The van der Waals surface area contributed by atoms with Gasteiger partial charge in [0.15, 0.2) is 0 Å². The second-order valence-electron chi connectivity index (χ2n) is 9.05. The summed E-state index contributed by atoms with van der Waals surface area (Å²) in [6.45, 7) is 12.2. The topological polar surface area (TPSA) is 12.5 Å². The van der Waals surface area contributed by atoms with Gasteiger partial charge in [0.05, 0.1) is 7.11 Å². The van der Waals surface area contributed by atoms with Crippen LogP contribution < -0.4 is 4.74 Å². The highest BCUT2D eigenvalue weighted by atomic mass is 16.5. The Morgan fingerprint density at radius 3 is 2.40 bits per heavy atom. The van der Waals surface area contributed by atoms with Crippen molar-refractivity contribution in [3.63, 3.8) is 0 Å². The average molecular weight is 344 g/mol. The predicted molar refractivity (Wildman–Crippen MR) is 106 cm³/mol. The van der Waals surface area contributed by atoms with Crippen LogP contribution in [0.4, 0.5) is 0 Å². The number of nitrogens with zero attached hydrogens (tertiary/aromatic N) is 1. The summed E-state index contributed by atoms with van der Waals surface area (Å²) in [7, 11) is 1.74. The van der Waals surface area contributed by atoms with Gasteiger partial charge in [0.1, 0.15) is 5.75 Å².